The maximum Gasteiger partial charge on any atom is 0.338 e. The topological polar surface area (TPSA) is 72.5 Å². The number of benzene rings is 2. The summed E-state index contributed by atoms with van der Waals surface area (Å²) in [6.45, 7) is 2.30. The molecule has 2 aromatic carbocycles. The van der Waals surface area contributed by atoms with Gasteiger partial charge in [0.2, 0.25) is 10.0 Å². The van der Waals surface area contributed by atoms with E-state index in [9.17, 15) is 13.2 Å². The molecule has 23 heavy (non-hydrogen) atoms. The van der Waals surface area contributed by atoms with E-state index in [2.05, 4.69) is 4.72 Å². The molecule has 0 atom stereocenters. The van der Waals surface area contributed by atoms with Crippen molar-refractivity contribution in [2.75, 3.05) is 13.2 Å². The summed E-state index contributed by atoms with van der Waals surface area (Å²) >= 11 is 0. The van der Waals surface area contributed by atoms with Gasteiger partial charge in [0.25, 0.3) is 0 Å². The monoisotopic (exact) mass is 333 g/mol. The van der Waals surface area contributed by atoms with Crippen molar-refractivity contribution in [3.63, 3.8) is 0 Å². The van der Waals surface area contributed by atoms with E-state index in [1.54, 1.807) is 6.92 Å². The van der Waals surface area contributed by atoms with Crippen LogP contribution in [0.1, 0.15) is 22.8 Å². The van der Waals surface area contributed by atoms with E-state index in [1.807, 2.05) is 30.3 Å². The lowest BCUT2D eigenvalue weighted by Crippen LogP contribution is -2.26. The van der Waals surface area contributed by atoms with Gasteiger partial charge in [-0.05, 0) is 43.2 Å². The lowest BCUT2D eigenvalue weighted by molar-refractivity contribution is 0.0526. The molecule has 0 saturated carbocycles. The van der Waals surface area contributed by atoms with Gasteiger partial charge in [0.1, 0.15) is 0 Å². The molecule has 122 valence electrons. The van der Waals surface area contributed by atoms with Gasteiger partial charge in [0, 0.05) is 6.54 Å². The van der Waals surface area contributed by atoms with E-state index < -0.39 is 16.0 Å². The number of hydrogen-bond acceptors (Lipinski definition) is 4. The molecular weight excluding hydrogens is 314 g/mol. The minimum Gasteiger partial charge on any atom is -0.462 e. The molecule has 0 fully saturated rings. The van der Waals surface area contributed by atoms with Crippen LogP contribution in [0.15, 0.2) is 59.5 Å². The van der Waals surface area contributed by atoms with Gasteiger partial charge in [-0.1, -0.05) is 30.3 Å². The summed E-state index contributed by atoms with van der Waals surface area (Å²) in [6, 6.07) is 15.3. The number of carbonyl (C=O) groups is 1. The Bertz CT molecular complexity index is 740. The van der Waals surface area contributed by atoms with E-state index in [0.29, 0.717) is 18.5 Å². The van der Waals surface area contributed by atoms with Crippen LogP contribution in [0.25, 0.3) is 0 Å². The van der Waals surface area contributed by atoms with Crippen molar-refractivity contribution in [3.05, 3.63) is 65.7 Å². The number of esters is 1. The normalized spacial score (nSPS) is 11.2. The zero-order valence-electron chi connectivity index (χ0n) is 12.9. The van der Waals surface area contributed by atoms with Gasteiger partial charge >= 0.3 is 5.97 Å². The van der Waals surface area contributed by atoms with Crippen LogP contribution in [0.4, 0.5) is 0 Å². The van der Waals surface area contributed by atoms with Crippen LogP contribution in [0.5, 0.6) is 0 Å². The highest BCUT2D eigenvalue weighted by molar-refractivity contribution is 7.89. The molecule has 0 bridgehead atoms. The fourth-order valence-corrected chi connectivity index (χ4v) is 3.07. The molecule has 0 heterocycles. The molecule has 6 heteroatoms. The van der Waals surface area contributed by atoms with Gasteiger partial charge in [-0.25, -0.2) is 17.9 Å². The molecule has 0 aromatic heterocycles. The summed E-state index contributed by atoms with van der Waals surface area (Å²) in [5, 5.41) is 0. The van der Waals surface area contributed by atoms with Crippen molar-refractivity contribution >= 4 is 16.0 Å². The van der Waals surface area contributed by atoms with Gasteiger partial charge in [-0.15, -0.1) is 0 Å². The molecule has 0 aliphatic carbocycles. The van der Waals surface area contributed by atoms with Gasteiger partial charge in [0.15, 0.2) is 0 Å². The number of carbonyl (C=O) groups excluding carboxylic acids is 1. The van der Waals surface area contributed by atoms with Crippen LogP contribution in [0.3, 0.4) is 0 Å². The predicted octanol–water partition coefficient (Wildman–Crippen LogP) is 2.38. The Morgan fingerprint density at radius 3 is 2.30 bits per heavy atom. The van der Waals surface area contributed by atoms with Crippen molar-refractivity contribution in [1.82, 2.24) is 4.72 Å². The quantitative estimate of drug-likeness (QED) is 0.790. The summed E-state index contributed by atoms with van der Waals surface area (Å²) in [5.74, 6) is -0.464. The van der Waals surface area contributed by atoms with E-state index >= 15 is 0 Å². The summed E-state index contributed by atoms with van der Waals surface area (Å²) < 4.78 is 31.8. The molecule has 2 rings (SSSR count). The molecule has 0 saturated heterocycles. The molecule has 2 aromatic rings. The van der Waals surface area contributed by atoms with E-state index in [1.165, 1.54) is 24.3 Å². The highest BCUT2D eigenvalue weighted by Gasteiger charge is 2.14. The Hall–Kier alpha value is -2.18. The lowest BCUT2D eigenvalue weighted by atomic mass is 10.2. The predicted molar refractivity (Wildman–Crippen MR) is 87.7 cm³/mol. The molecule has 0 spiro atoms. The first kappa shape index (κ1) is 17.2. The molecule has 0 unspecified atom stereocenters. The van der Waals surface area contributed by atoms with E-state index in [4.69, 9.17) is 4.74 Å². The van der Waals surface area contributed by atoms with Crippen molar-refractivity contribution in [1.29, 1.82) is 0 Å². The smallest absolute Gasteiger partial charge is 0.338 e. The maximum atomic E-state index is 12.2. The average molecular weight is 333 g/mol. The Labute approximate surface area is 136 Å². The summed E-state index contributed by atoms with van der Waals surface area (Å²) in [5.41, 5.74) is 1.39. The zero-order valence-corrected chi connectivity index (χ0v) is 13.7. The summed E-state index contributed by atoms with van der Waals surface area (Å²) in [6.07, 6.45) is 0.612. The average Bonchev–Trinajstić information content (AvgIpc) is 2.56. The number of ether oxygens (including phenoxy) is 1. The number of nitrogens with one attached hydrogen (secondary N) is 1. The molecular formula is C17H19NO4S. The van der Waals surface area contributed by atoms with Crippen LogP contribution >= 0.6 is 0 Å². The Balaban J connectivity index is 1.97. The van der Waals surface area contributed by atoms with Crippen LogP contribution in [-0.2, 0) is 21.2 Å². The van der Waals surface area contributed by atoms with Crippen LogP contribution in [-0.4, -0.2) is 27.5 Å². The minimum absolute atomic E-state index is 0.124. The zero-order chi connectivity index (χ0) is 16.7. The Kier molecular flexibility index (Phi) is 5.90. The Morgan fingerprint density at radius 1 is 1.04 bits per heavy atom. The van der Waals surface area contributed by atoms with Crippen molar-refractivity contribution in [2.45, 2.75) is 18.2 Å². The highest BCUT2D eigenvalue weighted by Crippen LogP contribution is 2.11. The fraction of sp³-hybridized carbons (Fsp3) is 0.235. The second-order valence-electron chi connectivity index (χ2n) is 4.88. The van der Waals surface area contributed by atoms with Gasteiger partial charge < -0.3 is 4.74 Å². The first-order valence-electron chi connectivity index (χ1n) is 7.33. The number of rotatable bonds is 7. The summed E-state index contributed by atoms with van der Waals surface area (Å²) in [7, 11) is -3.59. The Morgan fingerprint density at radius 2 is 1.70 bits per heavy atom. The van der Waals surface area contributed by atoms with Crippen LogP contribution in [0, 0.1) is 0 Å². The third kappa shape index (κ3) is 4.91. The van der Waals surface area contributed by atoms with Crippen LogP contribution < -0.4 is 4.72 Å². The SMILES string of the molecule is CCOC(=O)c1ccc(S(=O)(=O)NCCc2ccccc2)cc1. The standard InChI is InChI=1S/C17H19NO4S/c1-2-22-17(19)15-8-10-16(11-9-15)23(20,21)18-13-12-14-6-4-3-5-7-14/h3-11,18H,2,12-13H2,1H3. The molecule has 0 radical (unpaired) electrons. The lowest BCUT2D eigenvalue weighted by Gasteiger charge is -2.08. The van der Waals surface area contributed by atoms with E-state index in [-0.39, 0.29) is 11.5 Å². The van der Waals surface area contributed by atoms with Crippen molar-refractivity contribution in [3.8, 4) is 0 Å². The van der Waals surface area contributed by atoms with Crippen molar-refractivity contribution < 1.29 is 17.9 Å². The molecule has 0 amide bonds. The van der Waals surface area contributed by atoms with E-state index in [0.717, 1.165) is 5.56 Å². The van der Waals surface area contributed by atoms with Crippen LogP contribution in [0.2, 0.25) is 0 Å². The molecule has 0 aliphatic heterocycles. The number of sulfonamides is 1. The first-order chi connectivity index (χ1) is 11.0. The first-order valence-corrected chi connectivity index (χ1v) is 8.82. The largest absolute Gasteiger partial charge is 0.462 e. The molecule has 0 aliphatic rings. The highest BCUT2D eigenvalue weighted by atomic mass is 32.2. The fourth-order valence-electron chi connectivity index (χ4n) is 2.04. The van der Waals surface area contributed by atoms with Gasteiger partial charge in [-0.3, -0.25) is 0 Å². The van der Waals surface area contributed by atoms with Gasteiger partial charge in [-0.2, -0.15) is 0 Å². The summed E-state index contributed by atoms with van der Waals surface area (Å²) in [4.78, 5) is 11.7. The minimum atomic E-state index is -3.59. The second-order valence-corrected chi connectivity index (χ2v) is 6.65. The second kappa shape index (κ2) is 7.89. The molecule has 1 N–H and O–H groups in total. The maximum absolute atomic E-state index is 12.2. The third-order valence-corrected chi connectivity index (χ3v) is 4.70. The van der Waals surface area contributed by atoms with Crippen molar-refractivity contribution in [2.24, 2.45) is 0 Å². The van der Waals surface area contributed by atoms with Gasteiger partial charge in [0.05, 0.1) is 17.1 Å². The molecule has 5 nitrogen and oxygen atoms in total. The third-order valence-electron chi connectivity index (χ3n) is 3.22. The number of hydrogen-bond donors (Lipinski definition) is 1.